The van der Waals surface area contributed by atoms with Crippen molar-refractivity contribution >= 4 is 5.91 Å². The van der Waals surface area contributed by atoms with Crippen molar-refractivity contribution in [1.82, 2.24) is 5.32 Å². The Bertz CT molecular complexity index is 827. The van der Waals surface area contributed by atoms with Crippen molar-refractivity contribution in [2.45, 2.75) is 90.5 Å². The summed E-state index contributed by atoms with van der Waals surface area (Å²) in [6.07, 6.45) is 19.7. The van der Waals surface area contributed by atoms with Gasteiger partial charge in [-0.3, -0.25) is 4.79 Å². The van der Waals surface area contributed by atoms with Crippen LogP contribution < -0.4 is 43.3 Å². The molecule has 1 aromatic carbocycles. The molecule has 1 aromatic heterocycles. The normalized spacial score (nSPS) is 10.5. The van der Waals surface area contributed by atoms with Gasteiger partial charge < -0.3 is 38.8 Å². The molecule has 0 aliphatic rings. The number of benzene rings is 1. The van der Waals surface area contributed by atoms with Gasteiger partial charge in [-0.05, 0) is 24.1 Å². The fourth-order valence-electron chi connectivity index (χ4n) is 4.07. The molecule has 2 rings (SSSR count). The van der Waals surface area contributed by atoms with Gasteiger partial charge in [0.1, 0.15) is 7.05 Å². The Morgan fingerprint density at radius 1 is 0.857 bits per heavy atom. The van der Waals surface area contributed by atoms with Crippen LogP contribution in [0.15, 0.2) is 42.7 Å². The first-order valence-corrected chi connectivity index (χ1v) is 13.2. The first-order valence-electron chi connectivity index (χ1n) is 13.2. The van der Waals surface area contributed by atoms with Crippen molar-refractivity contribution < 1.29 is 42.8 Å². The number of carbonyl (C=O) groups excluding carboxylic acids is 1. The van der Waals surface area contributed by atoms with Gasteiger partial charge in [0.05, 0.1) is 19.3 Å². The zero-order chi connectivity index (χ0) is 24.4. The minimum absolute atomic E-state index is 0. The zero-order valence-corrected chi connectivity index (χ0v) is 24.1. The number of hydrogen-bond donors (Lipinski definition) is 1. The Morgan fingerprint density at radius 2 is 1.43 bits per heavy atom. The predicted molar refractivity (Wildman–Crippen MR) is 138 cm³/mol. The monoisotopic (exact) mass is 596 g/mol. The smallest absolute Gasteiger partial charge is 0.255 e. The number of aryl methyl sites for hydroxylation is 1. The summed E-state index contributed by atoms with van der Waals surface area (Å²) in [5.74, 6) is 0.962. The molecular weight excluding hydrogens is 551 g/mol. The number of ether oxygens (including phenoxy) is 2. The number of pyridine rings is 1. The number of amides is 1. The number of nitrogens with one attached hydrogen (secondary N) is 1. The summed E-state index contributed by atoms with van der Waals surface area (Å²) in [6.45, 7) is 3.37. The molecule has 0 saturated carbocycles. The number of carbonyl (C=O) groups is 1. The van der Waals surface area contributed by atoms with Crippen molar-refractivity contribution in [2.75, 3.05) is 13.7 Å². The zero-order valence-electron chi connectivity index (χ0n) is 22.0. The lowest BCUT2D eigenvalue weighted by molar-refractivity contribution is -0.671. The standard InChI is InChI=1S/C29H44N2O3.HI/c1-4-5-6-7-8-9-10-11-12-13-14-15-23-34-27-18-16-17-26(28(27)33-3)29(32)30-24-25-19-21-31(2)22-20-25;/h16-22H,4-15,23-24H2,1-3H3;1H. The molecule has 1 N–H and O–H groups in total. The predicted octanol–water partition coefficient (Wildman–Crippen LogP) is 3.53. The third kappa shape index (κ3) is 12.6. The molecule has 0 radical (unpaired) electrons. The summed E-state index contributed by atoms with van der Waals surface area (Å²) in [5, 5.41) is 2.97. The van der Waals surface area contributed by atoms with Crippen LogP contribution in [0.5, 0.6) is 11.5 Å². The van der Waals surface area contributed by atoms with Crippen molar-refractivity contribution in [3.05, 3.63) is 53.9 Å². The highest BCUT2D eigenvalue weighted by Gasteiger charge is 2.16. The second-order valence-electron chi connectivity index (χ2n) is 9.13. The molecule has 0 bridgehead atoms. The quantitative estimate of drug-likeness (QED) is 0.163. The van der Waals surface area contributed by atoms with Gasteiger partial charge in [-0.1, -0.05) is 83.6 Å². The summed E-state index contributed by atoms with van der Waals surface area (Å²) in [6, 6.07) is 9.47. The minimum Gasteiger partial charge on any atom is -1.00 e. The van der Waals surface area contributed by atoms with E-state index in [1.54, 1.807) is 13.2 Å². The van der Waals surface area contributed by atoms with Crippen LogP contribution in [0.2, 0.25) is 0 Å². The largest absolute Gasteiger partial charge is 1.00 e. The SMILES string of the molecule is CCCCCCCCCCCCCCOc1cccc(C(=O)NCc2cc[n+](C)cc2)c1OC.[I-]. The molecule has 35 heavy (non-hydrogen) atoms. The van der Waals surface area contributed by atoms with Gasteiger partial charge in [-0.15, -0.1) is 0 Å². The average Bonchev–Trinajstić information content (AvgIpc) is 2.86. The van der Waals surface area contributed by atoms with E-state index in [-0.39, 0.29) is 29.9 Å². The van der Waals surface area contributed by atoms with E-state index < -0.39 is 0 Å². The highest BCUT2D eigenvalue weighted by molar-refractivity contribution is 5.97. The number of methoxy groups -OCH3 is 1. The van der Waals surface area contributed by atoms with Crippen molar-refractivity contribution in [3.63, 3.8) is 0 Å². The summed E-state index contributed by atoms with van der Waals surface area (Å²) in [4.78, 5) is 12.8. The molecule has 0 atom stereocenters. The van der Waals surface area contributed by atoms with Gasteiger partial charge in [0, 0.05) is 18.7 Å². The maximum absolute atomic E-state index is 12.8. The molecule has 1 heterocycles. The summed E-state index contributed by atoms with van der Waals surface area (Å²) in [5.41, 5.74) is 1.54. The van der Waals surface area contributed by atoms with Crippen LogP contribution in [0, 0.1) is 0 Å². The van der Waals surface area contributed by atoms with E-state index in [0.29, 0.717) is 30.2 Å². The van der Waals surface area contributed by atoms with Gasteiger partial charge in [-0.25, -0.2) is 4.57 Å². The molecule has 0 fully saturated rings. The number of rotatable bonds is 18. The molecule has 0 aliphatic carbocycles. The number of halogens is 1. The Balaban J connectivity index is 0.00000612. The van der Waals surface area contributed by atoms with Crippen molar-refractivity contribution in [2.24, 2.45) is 7.05 Å². The molecule has 5 nitrogen and oxygen atoms in total. The molecule has 6 heteroatoms. The number of para-hydroxylation sites is 1. The van der Waals surface area contributed by atoms with E-state index >= 15 is 0 Å². The van der Waals surface area contributed by atoms with E-state index in [2.05, 4.69) is 12.2 Å². The second kappa shape index (κ2) is 19.4. The third-order valence-electron chi connectivity index (χ3n) is 6.18. The third-order valence-corrected chi connectivity index (χ3v) is 6.18. The van der Waals surface area contributed by atoms with Crippen molar-refractivity contribution in [1.29, 1.82) is 0 Å². The first kappa shape index (κ1) is 31.2. The lowest BCUT2D eigenvalue weighted by Crippen LogP contribution is -3.00. The maximum Gasteiger partial charge on any atom is 0.255 e. The molecule has 1 amide bonds. The maximum atomic E-state index is 12.8. The number of unbranched alkanes of at least 4 members (excludes halogenated alkanes) is 11. The Hall–Kier alpha value is -1.83. The fraction of sp³-hybridized carbons (Fsp3) is 0.586. The van der Waals surface area contributed by atoms with Gasteiger partial charge in [-0.2, -0.15) is 0 Å². The van der Waals surface area contributed by atoms with Crippen LogP contribution in [-0.4, -0.2) is 19.6 Å². The topological polar surface area (TPSA) is 51.4 Å². The van der Waals surface area contributed by atoms with Crippen LogP contribution >= 0.6 is 0 Å². The van der Waals surface area contributed by atoms with Crippen LogP contribution in [0.25, 0.3) is 0 Å². The molecule has 2 aromatic rings. The summed E-state index contributed by atoms with van der Waals surface area (Å²) >= 11 is 0. The lowest BCUT2D eigenvalue weighted by atomic mass is 10.1. The molecule has 0 unspecified atom stereocenters. The summed E-state index contributed by atoms with van der Waals surface area (Å²) < 4.78 is 13.5. The first-order chi connectivity index (χ1) is 16.7. The van der Waals surface area contributed by atoms with E-state index in [1.807, 2.05) is 48.3 Å². The summed E-state index contributed by atoms with van der Waals surface area (Å²) in [7, 11) is 3.55. The van der Waals surface area contributed by atoms with E-state index in [0.717, 1.165) is 12.0 Å². The highest BCUT2D eigenvalue weighted by Crippen LogP contribution is 2.31. The van der Waals surface area contributed by atoms with Crippen LogP contribution in [0.1, 0.15) is 99.9 Å². The van der Waals surface area contributed by atoms with Crippen LogP contribution in [-0.2, 0) is 13.6 Å². The van der Waals surface area contributed by atoms with Gasteiger partial charge in [0.25, 0.3) is 5.91 Å². The number of aromatic nitrogens is 1. The van der Waals surface area contributed by atoms with Gasteiger partial charge in [0.2, 0.25) is 0 Å². The minimum atomic E-state index is -0.166. The Morgan fingerprint density at radius 3 is 2.00 bits per heavy atom. The molecule has 0 aliphatic heterocycles. The number of nitrogens with zero attached hydrogens (tertiary/aromatic N) is 1. The van der Waals surface area contributed by atoms with Gasteiger partial charge in [0.15, 0.2) is 23.9 Å². The van der Waals surface area contributed by atoms with Gasteiger partial charge >= 0.3 is 0 Å². The van der Waals surface area contributed by atoms with E-state index in [1.165, 1.54) is 70.6 Å². The highest BCUT2D eigenvalue weighted by atomic mass is 127. The fourth-order valence-corrected chi connectivity index (χ4v) is 4.07. The molecule has 196 valence electrons. The molecule has 0 saturated heterocycles. The number of hydrogen-bond acceptors (Lipinski definition) is 3. The van der Waals surface area contributed by atoms with Crippen LogP contribution in [0.3, 0.4) is 0 Å². The van der Waals surface area contributed by atoms with E-state index in [4.69, 9.17) is 9.47 Å². The van der Waals surface area contributed by atoms with Crippen LogP contribution in [0.4, 0.5) is 0 Å². The van der Waals surface area contributed by atoms with E-state index in [9.17, 15) is 4.79 Å². The average molecular weight is 597 g/mol. The lowest BCUT2D eigenvalue weighted by Gasteiger charge is -2.14. The molecule has 0 spiro atoms. The Labute approximate surface area is 230 Å². The Kier molecular flexibility index (Phi) is 17.3. The molecular formula is C29H45IN2O3. The second-order valence-corrected chi connectivity index (χ2v) is 9.13. The van der Waals surface area contributed by atoms with Crippen molar-refractivity contribution in [3.8, 4) is 11.5 Å².